The molecule has 2 aliphatic rings. The summed E-state index contributed by atoms with van der Waals surface area (Å²) < 4.78 is 10.7. The fraction of sp³-hybridized carbons (Fsp3) is 0.440. The number of fused-ring (bicyclic) bond motifs is 1. The van der Waals surface area contributed by atoms with Gasteiger partial charge in [-0.25, -0.2) is 0 Å². The Morgan fingerprint density at radius 3 is 2.47 bits per heavy atom. The van der Waals surface area contributed by atoms with Crippen LogP contribution in [0.2, 0.25) is 0 Å². The fourth-order valence-electron chi connectivity index (χ4n) is 4.41. The van der Waals surface area contributed by atoms with Gasteiger partial charge in [0.25, 0.3) is 5.91 Å². The topological polar surface area (TPSA) is 75.2 Å². The second-order valence-electron chi connectivity index (χ2n) is 9.41. The first-order valence-corrected chi connectivity index (χ1v) is 11.0. The highest BCUT2D eigenvalue weighted by Crippen LogP contribution is 2.37. The van der Waals surface area contributed by atoms with E-state index in [1.165, 1.54) is 0 Å². The Balaban J connectivity index is 1.68. The average Bonchev–Trinajstić information content (AvgIpc) is 2.78. The summed E-state index contributed by atoms with van der Waals surface area (Å²) in [5.74, 6) is 2.01. The molecule has 1 fully saturated rings. The summed E-state index contributed by atoms with van der Waals surface area (Å²) >= 11 is 0. The molecule has 0 bridgehead atoms. The monoisotopic (exact) mass is 436 g/mol. The van der Waals surface area contributed by atoms with E-state index >= 15 is 0 Å². The number of carbonyl (C=O) groups is 1. The number of carbonyl (C=O) groups excluding carboxylic acids is 1. The van der Waals surface area contributed by atoms with Gasteiger partial charge in [-0.2, -0.15) is 0 Å². The predicted octanol–water partition coefficient (Wildman–Crippen LogP) is 4.41. The largest absolute Gasteiger partial charge is 0.493 e. The highest BCUT2D eigenvalue weighted by molar-refractivity contribution is 6.10. The Bertz CT molecular complexity index is 1040. The molecule has 2 N–H and O–H groups in total. The molecule has 2 aliphatic heterocycles. The molecule has 2 heterocycles. The van der Waals surface area contributed by atoms with E-state index in [0.717, 1.165) is 30.1 Å². The molecule has 1 atom stereocenters. The van der Waals surface area contributed by atoms with Gasteiger partial charge in [0.2, 0.25) is 0 Å². The molecule has 0 saturated carbocycles. The lowest BCUT2D eigenvalue weighted by molar-refractivity contribution is 0.0694. The van der Waals surface area contributed by atoms with E-state index in [2.05, 4.69) is 37.5 Å². The summed E-state index contributed by atoms with van der Waals surface area (Å²) in [5.41, 5.74) is 1.90. The van der Waals surface area contributed by atoms with Crippen LogP contribution in [0.1, 0.15) is 44.0 Å². The summed E-state index contributed by atoms with van der Waals surface area (Å²) in [6.45, 7) is 7.49. The molecule has 2 aromatic carbocycles. The quantitative estimate of drug-likeness (QED) is 0.745. The van der Waals surface area contributed by atoms with Gasteiger partial charge >= 0.3 is 0 Å². The summed E-state index contributed by atoms with van der Waals surface area (Å²) in [6.07, 6.45) is 1.76. The highest BCUT2D eigenvalue weighted by Gasteiger charge is 2.45. The second-order valence-corrected chi connectivity index (χ2v) is 9.41. The van der Waals surface area contributed by atoms with Crippen LogP contribution in [0, 0.1) is 0 Å². The van der Waals surface area contributed by atoms with Gasteiger partial charge in [-0.1, -0.05) is 12.1 Å². The van der Waals surface area contributed by atoms with E-state index < -0.39 is 5.54 Å². The minimum Gasteiger partial charge on any atom is -0.493 e. The number of likely N-dealkylation sites (tertiary alicyclic amines) is 1. The van der Waals surface area contributed by atoms with Gasteiger partial charge in [-0.3, -0.25) is 9.79 Å². The van der Waals surface area contributed by atoms with Crippen LogP contribution in [0.4, 0.5) is 11.4 Å². The van der Waals surface area contributed by atoms with Gasteiger partial charge in [-0.05, 0) is 63.9 Å². The molecule has 0 aliphatic carbocycles. The standard InChI is InChI=1S/C25H32N4O3/c1-24(2,3)28-23-25(27-19-10-7-6-9-18(19)26-23)13-8-14-29(16-25)22(30)17-11-12-20(31-4)21(15-17)32-5/h6-7,9-12,15,27H,8,13-14,16H2,1-5H3,(H,26,28)/t25-/m1/s1. The van der Waals surface area contributed by atoms with Crippen molar-refractivity contribution in [3.63, 3.8) is 0 Å². The number of para-hydroxylation sites is 2. The van der Waals surface area contributed by atoms with E-state index in [-0.39, 0.29) is 11.4 Å². The number of methoxy groups -OCH3 is 2. The second kappa shape index (κ2) is 8.37. The van der Waals surface area contributed by atoms with Crippen LogP contribution in [-0.2, 0) is 0 Å². The SMILES string of the molecule is COc1ccc(C(=O)N2CCC[C@]3(C2)Nc2ccccc2NC3=NC(C)(C)C)cc1OC. The Hall–Kier alpha value is -3.22. The molecule has 0 unspecified atom stereocenters. The van der Waals surface area contributed by atoms with E-state index in [9.17, 15) is 4.79 Å². The van der Waals surface area contributed by atoms with E-state index in [1.54, 1.807) is 32.4 Å². The van der Waals surface area contributed by atoms with Gasteiger partial charge in [0.15, 0.2) is 11.5 Å². The normalized spacial score (nSPS) is 21.5. The number of ether oxygens (including phenoxy) is 2. The van der Waals surface area contributed by atoms with E-state index in [0.29, 0.717) is 30.2 Å². The van der Waals surface area contributed by atoms with Crippen LogP contribution >= 0.6 is 0 Å². The van der Waals surface area contributed by atoms with Gasteiger partial charge in [0.05, 0.1) is 37.7 Å². The van der Waals surface area contributed by atoms with Gasteiger partial charge in [0.1, 0.15) is 11.4 Å². The number of amidine groups is 1. The van der Waals surface area contributed by atoms with Gasteiger partial charge in [-0.15, -0.1) is 0 Å². The molecule has 0 aromatic heterocycles. The number of nitrogens with zero attached hydrogens (tertiary/aromatic N) is 2. The van der Waals surface area contributed by atoms with Crippen molar-refractivity contribution >= 4 is 23.1 Å². The Labute approximate surface area is 189 Å². The molecule has 32 heavy (non-hydrogen) atoms. The first kappa shape index (κ1) is 22.0. The zero-order chi connectivity index (χ0) is 22.9. The molecule has 1 amide bonds. The third-order valence-electron chi connectivity index (χ3n) is 5.86. The maximum absolute atomic E-state index is 13.5. The smallest absolute Gasteiger partial charge is 0.254 e. The number of benzene rings is 2. The number of hydrogen-bond donors (Lipinski definition) is 2. The number of hydrogen-bond acceptors (Lipinski definition) is 5. The maximum Gasteiger partial charge on any atom is 0.254 e. The molecule has 1 saturated heterocycles. The van der Waals surface area contributed by atoms with Crippen molar-refractivity contribution in [3.05, 3.63) is 48.0 Å². The number of amides is 1. The van der Waals surface area contributed by atoms with Crippen molar-refractivity contribution in [3.8, 4) is 11.5 Å². The van der Waals surface area contributed by atoms with Gasteiger partial charge < -0.3 is 25.0 Å². The number of rotatable bonds is 3. The lowest BCUT2D eigenvalue weighted by Crippen LogP contribution is -2.63. The maximum atomic E-state index is 13.5. The van der Waals surface area contributed by atoms with Crippen molar-refractivity contribution < 1.29 is 14.3 Å². The summed E-state index contributed by atoms with van der Waals surface area (Å²) in [5, 5.41) is 7.29. The average molecular weight is 437 g/mol. The Morgan fingerprint density at radius 2 is 1.78 bits per heavy atom. The third kappa shape index (κ3) is 4.24. The molecular weight excluding hydrogens is 404 g/mol. The lowest BCUT2D eigenvalue weighted by atomic mass is 9.84. The molecular formula is C25H32N4O3. The van der Waals surface area contributed by atoms with Crippen LogP contribution in [-0.4, -0.2) is 55.0 Å². The number of piperidine rings is 1. The molecule has 1 spiro atoms. The molecule has 0 radical (unpaired) electrons. The predicted molar refractivity (Wildman–Crippen MR) is 128 cm³/mol. The molecule has 7 heteroatoms. The van der Waals surface area contributed by atoms with Crippen LogP contribution < -0.4 is 20.1 Å². The first-order valence-electron chi connectivity index (χ1n) is 11.0. The number of nitrogens with one attached hydrogen (secondary N) is 2. The fourth-order valence-corrected chi connectivity index (χ4v) is 4.41. The van der Waals surface area contributed by atoms with E-state index in [4.69, 9.17) is 14.5 Å². The van der Waals surface area contributed by atoms with Crippen molar-refractivity contribution in [2.45, 2.75) is 44.7 Å². The van der Waals surface area contributed by atoms with Crippen molar-refractivity contribution in [2.75, 3.05) is 37.9 Å². The number of anilines is 2. The zero-order valence-electron chi connectivity index (χ0n) is 19.5. The number of aliphatic imine (C=N–C) groups is 1. The van der Waals surface area contributed by atoms with Crippen LogP contribution in [0.5, 0.6) is 11.5 Å². The molecule has 170 valence electrons. The summed E-state index contributed by atoms with van der Waals surface area (Å²) in [4.78, 5) is 20.4. The van der Waals surface area contributed by atoms with Crippen molar-refractivity contribution in [2.24, 2.45) is 4.99 Å². The minimum absolute atomic E-state index is 0.0270. The lowest BCUT2D eigenvalue weighted by Gasteiger charge is -2.48. The zero-order valence-corrected chi connectivity index (χ0v) is 19.5. The Kier molecular flexibility index (Phi) is 5.75. The highest BCUT2D eigenvalue weighted by atomic mass is 16.5. The minimum atomic E-state index is -0.466. The summed E-state index contributed by atoms with van der Waals surface area (Å²) in [6, 6.07) is 13.4. The molecule has 2 aromatic rings. The van der Waals surface area contributed by atoms with E-state index in [1.807, 2.05) is 23.1 Å². The third-order valence-corrected chi connectivity index (χ3v) is 5.86. The van der Waals surface area contributed by atoms with Crippen LogP contribution in [0.25, 0.3) is 0 Å². The van der Waals surface area contributed by atoms with Crippen molar-refractivity contribution in [1.82, 2.24) is 4.90 Å². The Morgan fingerprint density at radius 1 is 1.06 bits per heavy atom. The van der Waals surface area contributed by atoms with Crippen LogP contribution in [0.3, 0.4) is 0 Å². The first-order chi connectivity index (χ1) is 15.2. The van der Waals surface area contributed by atoms with Crippen molar-refractivity contribution in [1.29, 1.82) is 0 Å². The van der Waals surface area contributed by atoms with Gasteiger partial charge in [0, 0.05) is 12.1 Å². The molecule has 7 nitrogen and oxygen atoms in total. The van der Waals surface area contributed by atoms with Crippen LogP contribution in [0.15, 0.2) is 47.5 Å². The molecule has 4 rings (SSSR count). The summed E-state index contributed by atoms with van der Waals surface area (Å²) in [7, 11) is 3.16.